The number of carbonyl (C=O) groups is 1. The highest BCUT2D eigenvalue weighted by molar-refractivity contribution is 6.03. The maximum absolute atomic E-state index is 13.2. The summed E-state index contributed by atoms with van der Waals surface area (Å²) in [4.78, 5) is 16.0. The number of aromatic nitrogens is 3. The van der Waals surface area contributed by atoms with Crippen LogP contribution in [-0.4, -0.2) is 20.7 Å². The summed E-state index contributed by atoms with van der Waals surface area (Å²) in [6.07, 6.45) is 5.43. The van der Waals surface area contributed by atoms with Gasteiger partial charge in [0.2, 0.25) is 0 Å². The molecule has 122 valence electrons. The van der Waals surface area contributed by atoms with Crippen LogP contribution in [0.5, 0.6) is 0 Å². The Labute approximate surface area is 132 Å². The first kappa shape index (κ1) is 15.6. The lowest BCUT2D eigenvalue weighted by Gasteiger charge is -2.21. The second-order valence-corrected chi connectivity index (χ2v) is 5.67. The van der Waals surface area contributed by atoms with Crippen LogP contribution >= 0.6 is 0 Å². The number of amides is 1. The number of nitrogens with one attached hydrogen (secondary N) is 1. The molecule has 5 nitrogen and oxygen atoms in total. The van der Waals surface area contributed by atoms with E-state index in [2.05, 4.69) is 15.4 Å². The van der Waals surface area contributed by atoms with Crippen molar-refractivity contribution >= 4 is 11.6 Å². The zero-order valence-electron chi connectivity index (χ0n) is 12.6. The maximum Gasteiger partial charge on any atom is 0.284 e. The van der Waals surface area contributed by atoms with Crippen molar-refractivity contribution < 1.29 is 13.6 Å². The highest BCUT2D eigenvalue weighted by atomic mass is 19.3. The Hall–Kier alpha value is -2.31. The monoisotopic (exact) mass is 320 g/mol. The Morgan fingerprint density at radius 3 is 2.70 bits per heavy atom. The minimum Gasteiger partial charge on any atom is -0.318 e. The number of anilines is 1. The summed E-state index contributed by atoms with van der Waals surface area (Å²) >= 11 is 0. The molecule has 1 aliphatic rings. The first-order valence-corrected chi connectivity index (χ1v) is 7.74. The van der Waals surface area contributed by atoms with E-state index in [9.17, 15) is 13.6 Å². The summed E-state index contributed by atoms with van der Waals surface area (Å²) in [7, 11) is 0. The molecular weight excluding hydrogens is 302 g/mol. The summed E-state index contributed by atoms with van der Waals surface area (Å²) in [5, 5.41) is 6.51. The van der Waals surface area contributed by atoms with Gasteiger partial charge >= 0.3 is 0 Å². The van der Waals surface area contributed by atoms with Gasteiger partial charge < -0.3 is 5.32 Å². The van der Waals surface area contributed by atoms with Crippen molar-refractivity contribution in [1.82, 2.24) is 14.8 Å². The van der Waals surface area contributed by atoms with Gasteiger partial charge in [-0.2, -0.15) is 5.10 Å². The zero-order chi connectivity index (χ0) is 16.2. The van der Waals surface area contributed by atoms with Crippen LogP contribution in [-0.2, 0) is 0 Å². The first-order chi connectivity index (χ1) is 11.1. The lowest BCUT2D eigenvalue weighted by Crippen LogP contribution is -2.14. The molecule has 3 rings (SSSR count). The average molecular weight is 320 g/mol. The molecule has 0 spiro atoms. The molecule has 1 N–H and O–H groups in total. The number of rotatable bonds is 4. The molecule has 2 heterocycles. The molecule has 1 aliphatic carbocycles. The number of halogens is 2. The lowest BCUT2D eigenvalue weighted by atomic mass is 9.96. The fourth-order valence-electron chi connectivity index (χ4n) is 2.88. The van der Waals surface area contributed by atoms with E-state index in [1.807, 2.05) is 0 Å². The molecule has 1 fully saturated rings. The fourth-order valence-corrected chi connectivity index (χ4v) is 2.88. The third-order valence-corrected chi connectivity index (χ3v) is 4.06. The Balaban J connectivity index is 1.82. The van der Waals surface area contributed by atoms with Crippen molar-refractivity contribution in [3.63, 3.8) is 0 Å². The topological polar surface area (TPSA) is 59.8 Å². The molecular formula is C16H18F2N4O. The van der Waals surface area contributed by atoms with Gasteiger partial charge in [-0.15, -0.1) is 0 Å². The summed E-state index contributed by atoms with van der Waals surface area (Å²) in [6.45, 7) is 0. The van der Waals surface area contributed by atoms with Crippen LogP contribution in [0.15, 0.2) is 30.6 Å². The second kappa shape index (κ2) is 6.85. The number of hydrogen-bond donors (Lipinski definition) is 1. The SMILES string of the molecule is O=C(Nc1cn(C2CCCCC2)nc1C(F)F)c1ccccn1. The second-order valence-electron chi connectivity index (χ2n) is 5.67. The molecule has 2 aromatic rings. The molecule has 0 aliphatic heterocycles. The van der Waals surface area contributed by atoms with Gasteiger partial charge in [-0.25, -0.2) is 8.78 Å². The molecule has 0 aromatic carbocycles. The first-order valence-electron chi connectivity index (χ1n) is 7.74. The largest absolute Gasteiger partial charge is 0.318 e. The highest BCUT2D eigenvalue weighted by Crippen LogP contribution is 2.32. The summed E-state index contributed by atoms with van der Waals surface area (Å²) in [5.74, 6) is -0.518. The van der Waals surface area contributed by atoms with E-state index < -0.39 is 12.3 Å². The number of alkyl halides is 2. The van der Waals surface area contributed by atoms with Crippen molar-refractivity contribution in [2.45, 2.75) is 44.6 Å². The molecule has 0 atom stereocenters. The lowest BCUT2D eigenvalue weighted by molar-refractivity contribution is 0.102. The molecule has 2 aromatic heterocycles. The van der Waals surface area contributed by atoms with Crippen molar-refractivity contribution in [2.24, 2.45) is 0 Å². The average Bonchev–Trinajstić information content (AvgIpc) is 3.00. The van der Waals surface area contributed by atoms with E-state index in [1.165, 1.54) is 24.9 Å². The number of pyridine rings is 1. The van der Waals surface area contributed by atoms with Crippen LogP contribution in [0, 0.1) is 0 Å². The maximum atomic E-state index is 13.2. The Bertz CT molecular complexity index is 666. The van der Waals surface area contributed by atoms with Crippen LogP contribution < -0.4 is 5.32 Å². The van der Waals surface area contributed by atoms with E-state index in [0.29, 0.717) is 0 Å². The minimum absolute atomic E-state index is 0.0567. The number of carbonyl (C=O) groups excluding carboxylic acids is 1. The fraction of sp³-hybridized carbons (Fsp3) is 0.438. The molecule has 1 saturated carbocycles. The van der Waals surface area contributed by atoms with Crippen LogP contribution in [0.4, 0.5) is 14.5 Å². The molecule has 1 amide bonds. The number of hydrogen-bond acceptors (Lipinski definition) is 3. The van der Waals surface area contributed by atoms with Crippen molar-refractivity contribution in [3.05, 3.63) is 42.0 Å². The van der Waals surface area contributed by atoms with Crippen molar-refractivity contribution in [3.8, 4) is 0 Å². The quantitative estimate of drug-likeness (QED) is 0.927. The van der Waals surface area contributed by atoms with E-state index in [4.69, 9.17) is 0 Å². The predicted molar refractivity (Wildman–Crippen MR) is 81.5 cm³/mol. The van der Waals surface area contributed by atoms with Crippen molar-refractivity contribution in [2.75, 3.05) is 5.32 Å². The molecule has 0 saturated heterocycles. The normalized spacial score (nSPS) is 15.8. The Morgan fingerprint density at radius 1 is 1.26 bits per heavy atom. The molecule has 7 heteroatoms. The Morgan fingerprint density at radius 2 is 2.04 bits per heavy atom. The van der Waals surface area contributed by atoms with Crippen LogP contribution in [0.3, 0.4) is 0 Å². The predicted octanol–water partition coefficient (Wildman–Crippen LogP) is 3.97. The van der Waals surface area contributed by atoms with Gasteiger partial charge in [-0.3, -0.25) is 14.5 Å². The molecule has 0 bridgehead atoms. The van der Waals surface area contributed by atoms with Gasteiger partial charge in [-0.05, 0) is 25.0 Å². The summed E-state index contributed by atoms with van der Waals surface area (Å²) in [5.41, 5.74) is -0.154. The van der Waals surface area contributed by atoms with Gasteiger partial charge in [0, 0.05) is 12.4 Å². The standard InChI is InChI=1S/C16H18F2N4O/c17-15(18)14-13(20-16(23)12-8-4-5-9-19-12)10-22(21-14)11-6-2-1-3-7-11/h4-5,8-11,15H,1-3,6-7H2,(H,20,23). The highest BCUT2D eigenvalue weighted by Gasteiger charge is 2.24. The van der Waals surface area contributed by atoms with Gasteiger partial charge in [0.25, 0.3) is 12.3 Å². The minimum atomic E-state index is -2.74. The van der Waals surface area contributed by atoms with Crippen molar-refractivity contribution in [1.29, 1.82) is 0 Å². The smallest absolute Gasteiger partial charge is 0.284 e. The van der Waals surface area contributed by atoms with Crippen LogP contribution in [0.25, 0.3) is 0 Å². The van der Waals surface area contributed by atoms with Crippen LogP contribution in [0.2, 0.25) is 0 Å². The van der Waals surface area contributed by atoms with Gasteiger partial charge in [0.15, 0.2) is 5.69 Å². The van der Waals surface area contributed by atoms with Gasteiger partial charge in [0.05, 0.1) is 11.7 Å². The summed E-state index contributed by atoms with van der Waals surface area (Å²) < 4.78 is 28.0. The van der Waals surface area contributed by atoms with Gasteiger partial charge in [-0.1, -0.05) is 25.3 Å². The van der Waals surface area contributed by atoms with E-state index in [-0.39, 0.29) is 23.1 Å². The molecule has 23 heavy (non-hydrogen) atoms. The van der Waals surface area contributed by atoms with E-state index in [0.717, 1.165) is 25.7 Å². The number of nitrogens with zero attached hydrogens (tertiary/aromatic N) is 3. The van der Waals surface area contributed by atoms with E-state index in [1.54, 1.807) is 16.8 Å². The molecule has 0 unspecified atom stereocenters. The zero-order valence-corrected chi connectivity index (χ0v) is 12.6. The third-order valence-electron chi connectivity index (χ3n) is 4.06. The molecule has 0 radical (unpaired) electrons. The Kier molecular flexibility index (Phi) is 4.64. The van der Waals surface area contributed by atoms with Crippen LogP contribution in [0.1, 0.15) is 60.8 Å². The van der Waals surface area contributed by atoms with E-state index >= 15 is 0 Å². The van der Waals surface area contributed by atoms with Gasteiger partial charge in [0.1, 0.15) is 5.69 Å². The summed E-state index contributed by atoms with van der Waals surface area (Å²) in [6, 6.07) is 5.01. The third kappa shape index (κ3) is 3.55.